The van der Waals surface area contributed by atoms with Crippen molar-refractivity contribution in [1.29, 1.82) is 0 Å². The second-order valence-corrected chi connectivity index (χ2v) is 2.47. The summed E-state index contributed by atoms with van der Waals surface area (Å²) < 4.78 is 0.491. The Bertz CT molecular complexity index is 105. The maximum atomic E-state index is 4.68. The second kappa shape index (κ2) is 7.59. The molecule has 0 aromatic rings. The summed E-state index contributed by atoms with van der Waals surface area (Å²) in [5.41, 5.74) is 0. The predicted octanol–water partition coefficient (Wildman–Crippen LogP) is -2.06. The molecule has 0 saturated carbocycles. The molecule has 0 bridgehead atoms. The van der Waals surface area contributed by atoms with Crippen molar-refractivity contribution in [2.75, 3.05) is 13.6 Å². The average molecular weight is 185 g/mol. The van der Waals surface area contributed by atoms with E-state index in [9.17, 15) is 0 Å². The molecule has 4 heteroatoms. The van der Waals surface area contributed by atoms with E-state index in [4.69, 9.17) is 0 Å². The van der Waals surface area contributed by atoms with Crippen molar-refractivity contribution < 1.29 is 51.4 Å². The molecule has 1 nitrogen and oxygen atoms in total. The summed E-state index contributed by atoms with van der Waals surface area (Å²) in [5, 5.41) is 0. The van der Waals surface area contributed by atoms with Crippen LogP contribution in [0.25, 0.3) is 0 Å². The van der Waals surface area contributed by atoms with Crippen molar-refractivity contribution >= 4 is 29.2 Å². The van der Waals surface area contributed by atoms with E-state index in [0.29, 0.717) is 4.32 Å². The fourth-order valence-corrected chi connectivity index (χ4v) is 0.417. The minimum Gasteiger partial charge on any atom is -0.411 e. The fraction of sp³-hybridized carbons (Fsp3) is 0.400. The summed E-state index contributed by atoms with van der Waals surface area (Å²) >= 11 is 9.35. The van der Waals surface area contributed by atoms with E-state index in [0.717, 1.165) is 6.54 Å². The summed E-state index contributed by atoms with van der Waals surface area (Å²) in [7, 11) is 1.84. The van der Waals surface area contributed by atoms with E-state index >= 15 is 0 Å². The Hall–Kier alpha value is 1.49. The van der Waals surface area contributed by atoms with Crippen LogP contribution in [0.1, 0.15) is 0 Å². The van der Waals surface area contributed by atoms with Crippen molar-refractivity contribution in [2.45, 2.75) is 0 Å². The zero-order valence-electron chi connectivity index (χ0n) is 5.76. The van der Waals surface area contributed by atoms with Crippen LogP contribution in [0.15, 0.2) is 12.7 Å². The number of likely N-dealkylation sites (N-methyl/N-ethyl adjacent to an activating group) is 1. The number of hydrogen-bond acceptors (Lipinski definition) is 2. The molecule has 0 aliphatic heterocycles. The molecule has 0 aliphatic rings. The SMILES string of the molecule is C=CCN(C)C(=S)[S-].[K+]. The Labute approximate surface area is 110 Å². The molecule has 0 atom stereocenters. The first kappa shape index (κ1) is 13.1. The van der Waals surface area contributed by atoms with Gasteiger partial charge in [-0.3, -0.25) is 0 Å². The van der Waals surface area contributed by atoms with Crippen LogP contribution in [0, 0.1) is 0 Å². The Morgan fingerprint density at radius 2 is 2.33 bits per heavy atom. The molecule has 0 rings (SSSR count). The van der Waals surface area contributed by atoms with Gasteiger partial charge in [0.2, 0.25) is 0 Å². The Kier molecular flexibility index (Phi) is 11.1. The van der Waals surface area contributed by atoms with E-state index in [-0.39, 0.29) is 51.4 Å². The summed E-state index contributed by atoms with van der Waals surface area (Å²) in [6.45, 7) is 4.27. The number of nitrogens with zero attached hydrogens (tertiary/aromatic N) is 1. The number of rotatable bonds is 2. The molecule has 0 N–H and O–H groups in total. The number of thiocarbonyl (C=S) groups is 1. The third kappa shape index (κ3) is 7.38. The van der Waals surface area contributed by atoms with Crippen LogP contribution < -0.4 is 51.4 Å². The second-order valence-electron chi connectivity index (χ2n) is 1.44. The van der Waals surface area contributed by atoms with Gasteiger partial charge in [-0.05, 0) is 0 Å². The maximum absolute atomic E-state index is 4.68. The van der Waals surface area contributed by atoms with Gasteiger partial charge in [0.05, 0.1) is 0 Å². The Morgan fingerprint density at radius 1 is 1.89 bits per heavy atom. The summed E-state index contributed by atoms with van der Waals surface area (Å²) in [4.78, 5) is 1.78. The Balaban J connectivity index is 0. The monoisotopic (exact) mass is 185 g/mol. The predicted molar refractivity (Wildman–Crippen MR) is 42.8 cm³/mol. The molecule has 0 amide bonds. The van der Waals surface area contributed by atoms with Crippen LogP contribution in [-0.4, -0.2) is 22.8 Å². The zero-order valence-corrected chi connectivity index (χ0v) is 10.5. The molecule has 0 saturated heterocycles. The molecule has 9 heavy (non-hydrogen) atoms. The first-order valence-corrected chi connectivity index (χ1v) is 3.03. The van der Waals surface area contributed by atoms with Crippen molar-refractivity contribution in [3.63, 3.8) is 0 Å². The summed E-state index contributed by atoms with van der Waals surface area (Å²) in [5.74, 6) is 0. The zero-order chi connectivity index (χ0) is 6.57. The van der Waals surface area contributed by atoms with Gasteiger partial charge in [0, 0.05) is 13.6 Å². The van der Waals surface area contributed by atoms with Crippen LogP contribution in [0.4, 0.5) is 0 Å². The third-order valence-corrected chi connectivity index (χ3v) is 1.34. The van der Waals surface area contributed by atoms with Gasteiger partial charge in [-0.25, -0.2) is 0 Å². The van der Waals surface area contributed by atoms with Gasteiger partial charge in [-0.2, -0.15) is 0 Å². The topological polar surface area (TPSA) is 3.24 Å². The quantitative estimate of drug-likeness (QED) is 0.211. The maximum Gasteiger partial charge on any atom is 1.00 e. The number of hydrogen-bond donors (Lipinski definition) is 0. The molecular formula is C5H8KNS2. The van der Waals surface area contributed by atoms with Crippen molar-refractivity contribution in [1.82, 2.24) is 4.90 Å². The smallest absolute Gasteiger partial charge is 0.411 e. The molecule has 0 aliphatic carbocycles. The largest absolute Gasteiger partial charge is 1.00 e. The van der Waals surface area contributed by atoms with Gasteiger partial charge in [0.15, 0.2) is 0 Å². The van der Waals surface area contributed by atoms with Gasteiger partial charge >= 0.3 is 51.4 Å². The molecule has 0 heterocycles. The summed E-state index contributed by atoms with van der Waals surface area (Å²) in [6, 6.07) is 0. The van der Waals surface area contributed by atoms with E-state index < -0.39 is 0 Å². The third-order valence-electron chi connectivity index (χ3n) is 0.715. The molecule has 0 spiro atoms. The van der Waals surface area contributed by atoms with Crippen LogP contribution >= 0.6 is 12.2 Å². The molecule has 0 fully saturated rings. The molecule has 0 aromatic carbocycles. The molecular weight excluding hydrogens is 177 g/mol. The minimum absolute atomic E-state index is 0. The standard InChI is InChI=1S/C5H9NS2.K/c1-3-4-6(2)5(7)8;/h3H,1,4H2,2H3,(H,7,8);/q;+1/p-1. The van der Waals surface area contributed by atoms with E-state index in [2.05, 4.69) is 31.4 Å². The van der Waals surface area contributed by atoms with Crippen LogP contribution in [0.5, 0.6) is 0 Å². The first-order valence-electron chi connectivity index (χ1n) is 2.21. The van der Waals surface area contributed by atoms with Gasteiger partial charge in [0.25, 0.3) is 0 Å². The Morgan fingerprint density at radius 3 is 2.44 bits per heavy atom. The normalized spacial score (nSPS) is 7.22. The van der Waals surface area contributed by atoms with Gasteiger partial charge < -0.3 is 29.7 Å². The fourth-order valence-electron chi connectivity index (χ4n) is 0.268. The van der Waals surface area contributed by atoms with Gasteiger partial charge in [-0.15, -0.1) is 6.58 Å². The van der Waals surface area contributed by atoms with E-state index in [1.807, 2.05) is 7.05 Å². The van der Waals surface area contributed by atoms with Crippen molar-refractivity contribution in [3.8, 4) is 0 Å². The van der Waals surface area contributed by atoms with Crippen molar-refractivity contribution in [3.05, 3.63) is 12.7 Å². The van der Waals surface area contributed by atoms with Crippen LogP contribution in [0.2, 0.25) is 0 Å². The molecule has 0 radical (unpaired) electrons. The molecule has 46 valence electrons. The summed E-state index contributed by atoms with van der Waals surface area (Å²) in [6.07, 6.45) is 1.76. The van der Waals surface area contributed by atoms with Crippen LogP contribution in [-0.2, 0) is 12.6 Å². The molecule has 0 aromatic heterocycles. The minimum atomic E-state index is 0. The first-order chi connectivity index (χ1) is 3.68. The molecule has 0 unspecified atom stereocenters. The van der Waals surface area contributed by atoms with E-state index in [1.54, 1.807) is 11.0 Å². The van der Waals surface area contributed by atoms with Crippen molar-refractivity contribution in [2.24, 2.45) is 0 Å². The average Bonchev–Trinajstić information content (AvgIpc) is 1.67. The van der Waals surface area contributed by atoms with Gasteiger partial charge in [-0.1, -0.05) is 10.4 Å². The van der Waals surface area contributed by atoms with Crippen LogP contribution in [0.3, 0.4) is 0 Å². The van der Waals surface area contributed by atoms with Gasteiger partial charge in [0.1, 0.15) is 0 Å². The van der Waals surface area contributed by atoms with E-state index in [1.165, 1.54) is 0 Å².